The average Bonchev–Trinajstić information content (AvgIpc) is 3.30. The van der Waals surface area contributed by atoms with Crippen LogP contribution in [0.15, 0.2) is 22.6 Å². The molecule has 0 spiro atoms. The zero-order chi connectivity index (χ0) is 17.6. The monoisotopic (exact) mass is 360 g/mol. The largest absolute Gasteiger partial charge is 0.451 e. The van der Waals surface area contributed by atoms with Gasteiger partial charge >= 0.3 is 0 Å². The number of hydrogen-bond donors (Lipinski definition) is 2. The van der Waals surface area contributed by atoms with Crippen LogP contribution in [0, 0.1) is 17.5 Å². The van der Waals surface area contributed by atoms with Crippen molar-refractivity contribution in [2.75, 3.05) is 6.54 Å². The second-order valence-corrected chi connectivity index (χ2v) is 6.65. The van der Waals surface area contributed by atoms with Crippen molar-refractivity contribution in [2.24, 2.45) is 0 Å². The van der Waals surface area contributed by atoms with Crippen molar-refractivity contribution in [2.45, 2.75) is 32.2 Å². The van der Waals surface area contributed by atoms with Gasteiger partial charge < -0.3 is 14.3 Å². The first-order valence-corrected chi connectivity index (χ1v) is 8.57. The quantitative estimate of drug-likeness (QED) is 0.684. The maximum atomic E-state index is 13.4. The summed E-state index contributed by atoms with van der Waals surface area (Å²) in [7, 11) is 0. The summed E-state index contributed by atoms with van der Waals surface area (Å²) in [5.74, 6) is 0.951. The normalized spacial score (nSPS) is 14.2. The van der Waals surface area contributed by atoms with Crippen molar-refractivity contribution in [3.8, 4) is 0 Å². The van der Waals surface area contributed by atoms with Crippen molar-refractivity contribution < 1.29 is 13.6 Å². The summed E-state index contributed by atoms with van der Waals surface area (Å²) in [6.07, 6.45) is 2.25. The Morgan fingerprint density at radius 3 is 3.08 bits per heavy atom. The Balaban J connectivity index is 1.47. The molecule has 1 saturated carbocycles. The molecule has 0 unspecified atom stereocenters. The highest BCUT2D eigenvalue weighted by Gasteiger charge is 2.29. The van der Waals surface area contributed by atoms with Gasteiger partial charge in [0.15, 0.2) is 10.5 Å². The Hall–Kier alpha value is -2.48. The third-order valence-electron chi connectivity index (χ3n) is 4.46. The molecule has 2 N–H and O–H groups in total. The molecule has 0 aliphatic heterocycles. The van der Waals surface area contributed by atoms with E-state index in [2.05, 4.69) is 15.5 Å². The number of carbonyl (C=O) groups excluding carboxylic acids is 1. The third-order valence-corrected chi connectivity index (χ3v) is 4.77. The molecule has 1 fully saturated rings. The maximum absolute atomic E-state index is 13.4. The molecule has 4 rings (SSSR count). The van der Waals surface area contributed by atoms with Gasteiger partial charge in [-0.25, -0.2) is 4.39 Å². The van der Waals surface area contributed by atoms with E-state index in [-0.39, 0.29) is 17.5 Å². The lowest BCUT2D eigenvalue weighted by Gasteiger charge is -2.07. The molecule has 1 amide bonds. The Morgan fingerprint density at radius 1 is 1.52 bits per heavy atom. The number of furan rings is 1. The lowest BCUT2D eigenvalue weighted by atomic mass is 10.1. The van der Waals surface area contributed by atoms with Crippen LogP contribution in [0.2, 0.25) is 0 Å². The molecule has 0 saturated heterocycles. The molecular weight excluding hydrogens is 343 g/mol. The number of nitrogens with zero attached hydrogens (tertiary/aromatic N) is 2. The second-order valence-electron chi connectivity index (χ2n) is 6.27. The number of aryl methyl sites for hydroxylation is 1. The van der Waals surface area contributed by atoms with Gasteiger partial charge in [-0.2, -0.15) is 5.10 Å². The highest BCUT2D eigenvalue weighted by atomic mass is 32.1. The summed E-state index contributed by atoms with van der Waals surface area (Å²) in [4.78, 5) is 12.4. The lowest BCUT2D eigenvalue weighted by Crippen LogP contribution is -2.27. The van der Waals surface area contributed by atoms with Gasteiger partial charge in [0, 0.05) is 30.0 Å². The zero-order valence-corrected chi connectivity index (χ0v) is 14.5. The second kappa shape index (κ2) is 6.11. The minimum absolute atomic E-state index is 0.207. The highest BCUT2D eigenvalue weighted by molar-refractivity contribution is 7.71. The number of fused-ring (bicyclic) bond motifs is 1. The number of nitrogens with one attached hydrogen (secondary N) is 2. The summed E-state index contributed by atoms with van der Waals surface area (Å²) in [6.45, 7) is 2.69. The van der Waals surface area contributed by atoms with E-state index in [0.717, 1.165) is 18.7 Å². The van der Waals surface area contributed by atoms with E-state index in [1.165, 1.54) is 18.2 Å². The molecular formula is C17H17FN4O2S. The topological polar surface area (TPSA) is 75.8 Å². The van der Waals surface area contributed by atoms with Crippen LogP contribution in [0.3, 0.4) is 0 Å². The van der Waals surface area contributed by atoms with Crippen molar-refractivity contribution >= 4 is 29.1 Å². The molecule has 0 atom stereocenters. The molecule has 2 heterocycles. The minimum Gasteiger partial charge on any atom is -0.451 e. The van der Waals surface area contributed by atoms with Crippen LogP contribution in [0.1, 0.15) is 40.7 Å². The number of rotatable bonds is 5. The van der Waals surface area contributed by atoms with Gasteiger partial charge in [0.25, 0.3) is 5.91 Å². The number of aromatic amines is 1. The summed E-state index contributed by atoms with van der Waals surface area (Å²) in [6, 6.07) is 4.21. The molecule has 2 aromatic heterocycles. The van der Waals surface area contributed by atoms with Crippen molar-refractivity contribution in [1.82, 2.24) is 20.1 Å². The van der Waals surface area contributed by atoms with Crippen LogP contribution in [-0.2, 0) is 6.54 Å². The molecule has 3 aromatic rings. The van der Waals surface area contributed by atoms with Crippen LogP contribution in [0.25, 0.3) is 11.0 Å². The van der Waals surface area contributed by atoms with Gasteiger partial charge in [0.1, 0.15) is 17.2 Å². The van der Waals surface area contributed by atoms with Crippen LogP contribution in [0.5, 0.6) is 0 Å². The van der Waals surface area contributed by atoms with E-state index in [0.29, 0.717) is 40.3 Å². The van der Waals surface area contributed by atoms with Crippen molar-refractivity contribution in [3.05, 3.63) is 45.9 Å². The van der Waals surface area contributed by atoms with E-state index >= 15 is 0 Å². The van der Waals surface area contributed by atoms with Gasteiger partial charge in [0.2, 0.25) is 0 Å². The molecule has 1 aliphatic carbocycles. The minimum atomic E-state index is -0.356. The molecule has 1 aliphatic rings. The van der Waals surface area contributed by atoms with Crippen LogP contribution >= 0.6 is 12.2 Å². The van der Waals surface area contributed by atoms with E-state index in [1.54, 1.807) is 6.92 Å². The number of aromatic nitrogens is 3. The Bertz CT molecular complexity index is 1020. The van der Waals surface area contributed by atoms with Gasteiger partial charge in [-0.15, -0.1) is 0 Å². The standard InChI is InChI=1S/C17H17FN4O2S/c1-9-12-8-11(18)4-5-13(12)24-14(9)16(23)19-6-7-22-15(10-2-3-10)20-21-17(22)25/h4-5,8,10H,2-3,6-7H2,1H3,(H,19,23)(H,21,25). The number of benzene rings is 1. The number of amides is 1. The fourth-order valence-corrected chi connectivity index (χ4v) is 3.20. The van der Waals surface area contributed by atoms with Gasteiger partial charge in [0.05, 0.1) is 0 Å². The fourth-order valence-electron chi connectivity index (χ4n) is 2.97. The average molecular weight is 360 g/mol. The predicted molar refractivity (Wildman–Crippen MR) is 92.6 cm³/mol. The summed E-state index contributed by atoms with van der Waals surface area (Å²) in [5.41, 5.74) is 1.13. The fraction of sp³-hybridized carbons (Fsp3) is 0.353. The highest BCUT2D eigenvalue weighted by Crippen LogP contribution is 2.38. The number of carbonyl (C=O) groups is 1. The number of hydrogen-bond acceptors (Lipinski definition) is 4. The first kappa shape index (κ1) is 16.0. The van der Waals surface area contributed by atoms with E-state index in [9.17, 15) is 9.18 Å². The Labute approximate surface area is 148 Å². The van der Waals surface area contributed by atoms with Crippen LogP contribution in [0.4, 0.5) is 4.39 Å². The number of H-pyrrole nitrogens is 1. The smallest absolute Gasteiger partial charge is 0.287 e. The molecule has 0 bridgehead atoms. The predicted octanol–water partition coefficient (Wildman–Crippen LogP) is 3.44. The molecule has 0 radical (unpaired) electrons. The third kappa shape index (κ3) is 2.97. The van der Waals surface area contributed by atoms with Crippen molar-refractivity contribution in [3.63, 3.8) is 0 Å². The first-order chi connectivity index (χ1) is 12.0. The SMILES string of the molecule is Cc1c(C(=O)NCCn2c(C3CC3)n[nH]c2=S)oc2ccc(F)cc12. The molecule has 8 heteroatoms. The van der Waals surface area contributed by atoms with E-state index in [4.69, 9.17) is 16.6 Å². The number of halogens is 1. The Morgan fingerprint density at radius 2 is 2.32 bits per heavy atom. The lowest BCUT2D eigenvalue weighted by molar-refractivity contribution is 0.0925. The molecule has 25 heavy (non-hydrogen) atoms. The summed E-state index contributed by atoms with van der Waals surface area (Å²) in [5, 5.41) is 10.5. The van der Waals surface area contributed by atoms with Gasteiger partial charge in [-0.3, -0.25) is 9.89 Å². The summed E-state index contributed by atoms with van der Waals surface area (Å²) < 4.78 is 21.4. The first-order valence-electron chi connectivity index (χ1n) is 8.16. The summed E-state index contributed by atoms with van der Waals surface area (Å²) >= 11 is 5.25. The molecule has 6 nitrogen and oxygen atoms in total. The molecule has 1 aromatic carbocycles. The zero-order valence-electron chi connectivity index (χ0n) is 13.6. The van der Waals surface area contributed by atoms with Gasteiger partial charge in [-0.05, 0) is 50.2 Å². The maximum Gasteiger partial charge on any atom is 0.287 e. The van der Waals surface area contributed by atoms with Crippen LogP contribution in [-0.4, -0.2) is 27.2 Å². The van der Waals surface area contributed by atoms with Gasteiger partial charge in [-0.1, -0.05) is 0 Å². The molecule has 130 valence electrons. The van der Waals surface area contributed by atoms with E-state index in [1.807, 2.05) is 4.57 Å². The van der Waals surface area contributed by atoms with Crippen LogP contribution < -0.4 is 5.32 Å². The van der Waals surface area contributed by atoms with E-state index < -0.39 is 0 Å². The Kier molecular flexibility index (Phi) is 3.91. The van der Waals surface area contributed by atoms with Crippen molar-refractivity contribution in [1.29, 1.82) is 0 Å².